The predicted molar refractivity (Wildman–Crippen MR) is 62.2 cm³/mol. The van der Waals surface area contributed by atoms with Gasteiger partial charge in [-0.15, -0.1) is 0 Å². The summed E-state index contributed by atoms with van der Waals surface area (Å²) in [6, 6.07) is 0.587. The molecular weight excluding hydrogens is 204 g/mol. The van der Waals surface area contributed by atoms with Crippen LogP contribution in [0, 0.1) is 5.92 Å². The Labute approximate surface area is 97.1 Å². The number of nitrogens with one attached hydrogen (secondary N) is 2. The Morgan fingerprint density at radius 2 is 2.19 bits per heavy atom. The molecule has 4 heteroatoms. The van der Waals surface area contributed by atoms with E-state index in [0.717, 1.165) is 31.8 Å². The van der Waals surface area contributed by atoms with Crippen LogP contribution in [0.2, 0.25) is 0 Å². The Morgan fingerprint density at radius 1 is 1.38 bits per heavy atom. The summed E-state index contributed by atoms with van der Waals surface area (Å²) in [7, 11) is 0. The van der Waals surface area contributed by atoms with E-state index >= 15 is 0 Å². The molecule has 16 heavy (non-hydrogen) atoms. The Kier molecular flexibility index (Phi) is 4.18. The number of hydrogen-bond acceptors (Lipinski definition) is 3. The third-order valence-electron chi connectivity index (χ3n) is 3.35. The van der Waals surface area contributed by atoms with E-state index in [1.807, 2.05) is 0 Å². The van der Waals surface area contributed by atoms with Gasteiger partial charge in [0.1, 0.15) is 6.61 Å². The molecule has 4 nitrogen and oxygen atoms in total. The molecule has 0 aromatic rings. The minimum atomic E-state index is 0.0329. The molecular formula is C12H22N2O2. The zero-order chi connectivity index (χ0) is 11.4. The van der Waals surface area contributed by atoms with Crippen molar-refractivity contribution in [1.82, 2.24) is 10.6 Å². The van der Waals surface area contributed by atoms with Crippen molar-refractivity contribution < 1.29 is 9.53 Å². The van der Waals surface area contributed by atoms with Gasteiger partial charge < -0.3 is 15.4 Å². The second-order valence-electron chi connectivity index (χ2n) is 5.07. The van der Waals surface area contributed by atoms with Gasteiger partial charge in [0.2, 0.25) is 5.91 Å². The maximum Gasteiger partial charge on any atom is 0.246 e. The lowest BCUT2D eigenvalue weighted by atomic mass is 10.0. The Balaban J connectivity index is 1.53. The molecule has 1 heterocycles. The van der Waals surface area contributed by atoms with Crippen molar-refractivity contribution in [1.29, 1.82) is 0 Å². The minimum Gasteiger partial charge on any atom is -0.367 e. The molecule has 92 valence electrons. The monoisotopic (exact) mass is 226 g/mol. The van der Waals surface area contributed by atoms with Crippen LogP contribution in [0.4, 0.5) is 0 Å². The predicted octanol–water partition coefficient (Wildman–Crippen LogP) is 0.670. The molecule has 2 fully saturated rings. The van der Waals surface area contributed by atoms with Crippen LogP contribution >= 0.6 is 0 Å². The van der Waals surface area contributed by atoms with Gasteiger partial charge in [-0.1, -0.05) is 0 Å². The summed E-state index contributed by atoms with van der Waals surface area (Å²) in [4.78, 5) is 11.4. The van der Waals surface area contributed by atoms with Crippen molar-refractivity contribution in [3.8, 4) is 0 Å². The van der Waals surface area contributed by atoms with Gasteiger partial charge in [-0.05, 0) is 38.5 Å². The smallest absolute Gasteiger partial charge is 0.246 e. The molecule has 0 aromatic heterocycles. The van der Waals surface area contributed by atoms with E-state index in [1.165, 1.54) is 12.8 Å². The molecule has 1 aliphatic carbocycles. The summed E-state index contributed by atoms with van der Waals surface area (Å²) < 4.78 is 5.57. The molecule has 1 saturated heterocycles. The molecule has 2 rings (SSSR count). The maximum absolute atomic E-state index is 11.4. The SMILES string of the molecule is CC1CCC(OCC(=O)NCC2CC2)CN1. The molecule has 2 unspecified atom stereocenters. The first-order chi connectivity index (χ1) is 7.74. The highest BCUT2D eigenvalue weighted by atomic mass is 16.5. The third kappa shape index (κ3) is 4.10. The van der Waals surface area contributed by atoms with E-state index in [9.17, 15) is 4.79 Å². The average Bonchev–Trinajstić information content (AvgIpc) is 3.09. The molecule has 2 atom stereocenters. The van der Waals surface area contributed by atoms with Gasteiger partial charge in [0, 0.05) is 19.1 Å². The van der Waals surface area contributed by atoms with Gasteiger partial charge in [-0.25, -0.2) is 0 Å². The van der Waals surface area contributed by atoms with Crippen molar-refractivity contribution in [2.75, 3.05) is 19.7 Å². The van der Waals surface area contributed by atoms with Crippen molar-refractivity contribution in [2.24, 2.45) is 5.92 Å². The first-order valence-electron chi connectivity index (χ1n) is 6.35. The van der Waals surface area contributed by atoms with E-state index in [4.69, 9.17) is 4.74 Å². The Hall–Kier alpha value is -0.610. The van der Waals surface area contributed by atoms with Gasteiger partial charge in [0.25, 0.3) is 0 Å². The van der Waals surface area contributed by atoms with Gasteiger partial charge in [-0.3, -0.25) is 4.79 Å². The maximum atomic E-state index is 11.4. The van der Waals surface area contributed by atoms with Crippen LogP contribution in [0.15, 0.2) is 0 Å². The van der Waals surface area contributed by atoms with E-state index in [1.54, 1.807) is 0 Å². The lowest BCUT2D eigenvalue weighted by Gasteiger charge is -2.27. The van der Waals surface area contributed by atoms with Crippen LogP contribution in [0.3, 0.4) is 0 Å². The summed E-state index contributed by atoms with van der Waals surface area (Å²) in [5.41, 5.74) is 0. The molecule has 0 radical (unpaired) electrons. The van der Waals surface area contributed by atoms with Gasteiger partial charge >= 0.3 is 0 Å². The number of rotatable bonds is 5. The molecule has 1 amide bonds. The van der Waals surface area contributed by atoms with Crippen molar-refractivity contribution in [3.05, 3.63) is 0 Å². The van der Waals surface area contributed by atoms with E-state index < -0.39 is 0 Å². The summed E-state index contributed by atoms with van der Waals surface area (Å²) in [6.45, 7) is 4.10. The standard InChI is InChI=1S/C12H22N2O2/c1-9-2-5-11(7-13-9)16-8-12(15)14-6-10-3-4-10/h9-11,13H,2-8H2,1H3,(H,14,15). The number of carbonyl (C=O) groups is 1. The highest BCUT2D eigenvalue weighted by molar-refractivity contribution is 5.77. The molecule has 0 aromatic carbocycles. The van der Waals surface area contributed by atoms with Crippen molar-refractivity contribution in [3.63, 3.8) is 0 Å². The normalized spacial score (nSPS) is 30.1. The quantitative estimate of drug-likeness (QED) is 0.724. The second kappa shape index (κ2) is 5.64. The Morgan fingerprint density at radius 3 is 2.81 bits per heavy atom. The summed E-state index contributed by atoms with van der Waals surface area (Å²) >= 11 is 0. The van der Waals surface area contributed by atoms with Crippen LogP contribution < -0.4 is 10.6 Å². The van der Waals surface area contributed by atoms with E-state index in [-0.39, 0.29) is 18.6 Å². The zero-order valence-corrected chi connectivity index (χ0v) is 10.00. The minimum absolute atomic E-state index is 0.0329. The van der Waals surface area contributed by atoms with Crippen molar-refractivity contribution >= 4 is 5.91 Å². The van der Waals surface area contributed by atoms with Gasteiger partial charge in [-0.2, -0.15) is 0 Å². The van der Waals surface area contributed by atoms with E-state index in [2.05, 4.69) is 17.6 Å². The molecule has 0 spiro atoms. The van der Waals surface area contributed by atoms with Crippen LogP contribution in [-0.4, -0.2) is 37.7 Å². The largest absolute Gasteiger partial charge is 0.367 e. The fourth-order valence-corrected chi connectivity index (χ4v) is 1.94. The third-order valence-corrected chi connectivity index (χ3v) is 3.35. The average molecular weight is 226 g/mol. The van der Waals surface area contributed by atoms with Crippen LogP contribution in [0.5, 0.6) is 0 Å². The fraction of sp³-hybridized carbons (Fsp3) is 0.917. The topological polar surface area (TPSA) is 50.4 Å². The number of hydrogen-bond donors (Lipinski definition) is 2. The Bertz CT molecular complexity index is 233. The van der Waals surface area contributed by atoms with Crippen LogP contribution in [-0.2, 0) is 9.53 Å². The number of amides is 1. The van der Waals surface area contributed by atoms with Crippen molar-refractivity contribution in [2.45, 2.75) is 44.8 Å². The summed E-state index contributed by atoms with van der Waals surface area (Å²) in [5, 5.41) is 6.27. The van der Waals surface area contributed by atoms with E-state index in [0.29, 0.717) is 6.04 Å². The first kappa shape index (κ1) is 11.9. The van der Waals surface area contributed by atoms with Gasteiger partial charge in [0.15, 0.2) is 0 Å². The lowest BCUT2D eigenvalue weighted by Crippen LogP contribution is -2.42. The van der Waals surface area contributed by atoms with Gasteiger partial charge in [0.05, 0.1) is 6.10 Å². The number of piperidine rings is 1. The zero-order valence-electron chi connectivity index (χ0n) is 10.00. The molecule has 1 aliphatic heterocycles. The van der Waals surface area contributed by atoms with Crippen LogP contribution in [0.1, 0.15) is 32.6 Å². The highest BCUT2D eigenvalue weighted by Crippen LogP contribution is 2.27. The highest BCUT2D eigenvalue weighted by Gasteiger charge is 2.22. The molecule has 2 N–H and O–H groups in total. The number of carbonyl (C=O) groups excluding carboxylic acids is 1. The summed E-state index contributed by atoms with van der Waals surface area (Å²) in [5.74, 6) is 0.770. The fourth-order valence-electron chi connectivity index (χ4n) is 1.94. The first-order valence-corrected chi connectivity index (χ1v) is 6.35. The van der Waals surface area contributed by atoms with Crippen LogP contribution in [0.25, 0.3) is 0 Å². The molecule has 0 bridgehead atoms. The molecule has 2 aliphatic rings. The lowest BCUT2D eigenvalue weighted by molar-refractivity contribution is -0.128. The summed E-state index contributed by atoms with van der Waals surface area (Å²) in [6.07, 6.45) is 4.94. The number of ether oxygens (including phenoxy) is 1. The second-order valence-corrected chi connectivity index (χ2v) is 5.07. The molecule has 1 saturated carbocycles.